The number of halogens is 2. The van der Waals surface area contributed by atoms with E-state index in [2.05, 4.69) is 14.9 Å². The Morgan fingerprint density at radius 3 is 2.62 bits per heavy atom. The Morgan fingerprint density at radius 1 is 1.17 bits per heavy atom. The quantitative estimate of drug-likeness (QED) is 0.825. The van der Waals surface area contributed by atoms with Crippen LogP contribution in [-0.2, 0) is 12.1 Å². The van der Waals surface area contributed by atoms with Crippen molar-refractivity contribution < 1.29 is 23.4 Å². The van der Waals surface area contributed by atoms with E-state index in [-0.39, 0.29) is 17.8 Å². The van der Waals surface area contributed by atoms with Crippen LogP contribution in [0.25, 0.3) is 0 Å². The van der Waals surface area contributed by atoms with Crippen molar-refractivity contribution in [3.63, 3.8) is 0 Å². The van der Waals surface area contributed by atoms with Crippen molar-refractivity contribution in [3.8, 4) is 11.9 Å². The molecule has 0 unspecified atom stereocenters. The third-order valence-electron chi connectivity index (χ3n) is 6.17. The van der Waals surface area contributed by atoms with E-state index in [4.69, 9.17) is 9.47 Å². The highest BCUT2D eigenvalue weighted by Gasteiger charge is 2.51. The van der Waals surface area contributed by atoms with Crippen molar-refractivity contribution in [2.45, 2.75) is 31.4 Å². The number of hydrogen-bond donors (Lipinski definition) is 1. The van der Waals surface area contributed by atoms with E-state index in [1.54, 1.807) is 6.20 Å². The van der Waals surface area contributed by atoms with Crippen LogP contribution in [0.4, 0.5) is 8.78 Å². The van der Waals surface area contributed by atoms with Gasteiger partial charge in [-0.3, -0.25) is 4.90 Å². The molecular weight excluding hydrogens is 380 g/mol. The summed E-state index contributed by atoms with van der Waals surface area (Å²) < 4.78 is 37.6. The van der Waals surface area contributed by atoms with Crippen molar-refractivity contribution in [3.05, 3.63) is 47.2 Å². The zero-order valence-corrected chi connectivity index (χ0v) is 16.6. The second-order valence-corrected chi connectivity index (χ2v) is 7.93. The minimum Gasteiger partial charge on any atom is -0.481 e. The summed E-state index contributed by atoms with van der Waals surface area (Å²) in [6.45, 7) is 1.83. The van der Waals surface area contributed by atoms with Gasteiger partial charge in [-0.1, -0.05) is 0 Å². The van der Waals surface area contributed by atoms with E-state index in [1.165, 1.54) is 26.4 Å². The number of fused-ring (bicyclic) bond motifs is 1. The number of aromatic nitrogens is 2. The maximum atomic E-state index is 13.6. The van der Waals surface area contributed by atoms with Gasteiger partial charge in [0.15, 0.2) is 0 Å². The van der Waals surface area contributed by atoms with Crippen LogP contribution in [-0.4, -0.2) is 47.3 Å². The summed E-state index contributed by atoms with van der Waals surface area (Å²) in [6, 6.07) is 3.78. The van der Waals surface area contributed by atoms with Crippen LogP contribution in [0.5, 0.6) is 11.9 Å². The summed E-state index contributed by atoms with van der Waals surface area (Å²) in [5, 5.41) is 11.7. The average molecular weight is 405 g/mol. The highest BCUT2D eigenvalue weighted by molar-refractivity contribution is 5.33. The van der Waals surface area contributed by atoms with Crippen molar-refractivity contribution >= 4 is 0 Å². The highest BCUT2D eigenvalue weighted by atomic mass is 19.1. The van der Waals surface area contributed by atoms with Gasteiger partial charge >= 0.3 is 6.01 Å². The van der Waals surface area contributed by atoms with Crippen LogP contribution in [0.15, 0.2) is 24.4 Å². The van der Waals surface area contributed by atoms with Crippen LogP contribution in [0, 0.1) is 23.5 Å². The predicted molar refractivity (Wildman–Crippen MR) is 101 cm³/mol. The molecule has 3 atom stereocenters. The lowest BCUT2D eigenvalue weighted by Crippen LogP contribution is -2.43. The third kappa shape index (κ3) is 3.79. The van der Waals surface area contributed by atoms with Crippen molar-refractivity contribution in [1.82, 2.24) is 14.9 Å². The summed E-state index contributed by atoms with van der Waals surface area (Å²) in [7, 11) is 2.98. The highest BCUT2D eigenvalue weighted by Crippen LogP contribution is 2.50. The molecule has 0 bridgehead atoms. The van der Waals surface area contributed by atoms with Gasteiger partial charge in [-0.15, -0.1) is 0 Å². The molecule has 1 N–H and O–H groups in total. The maximum absolute atomic E-state index is 13.6. The van der Waals surface area contributed by atoms with Gasteiger partial charge in [0, 0.05) is 37.8 Å². The van der Waals surface area contributed by atoms with E-state index in [9.17, 15) is 13.9 Å². The van der Waals surface area contributed by atoms with Crippen molar-refractivity contribution in [2.75, 3.05) is 27.3 Å². The number of ether oxygens (including phenoxy) is 2. The molecule has 4 rings (SSSR count). The number of likely N-dealkylation sites (tertiary alicyclic amines) is 1. The molecule has 0 spiro atoms. The van der Waals surface area contributed by atoms with Crippen LogP contribution in [0.3, 0.4) is 0 Å². The Kier molecular flexibility index (Phi) is 5.40. The van der Waals surface area contributed by atoms with Crippen LogP contribution in [0.1, 0.15) is 30.4 Å². The van der Waals surface area contributed by atoms with Gasteiger partial charge < -0.3 is 14.6 Å². The normalized spacial score (nSPS) is 26.9. The zero-order valence-electron chi connectivity index (χ0n) is 16.6. The number of benzene rings is 1. The summed E-state index contributed by atoms with van der Waals surface area (Å²) in [5.41, 5.74) is 0.0341. The molecule has 0 radical (unpaired) electrons. The van der Waals surface area contributed by atoms with Crippen molar-refractivity contribution in [2.24, 2.45) is 11.8 Å². The van der Waals surface area contributed by atoms with Crippen LogP contribution >= 0.6 is 0 Å². The smallest absolute Gasteiger partial charge is 0.319 e. The topological polar surface area (TPSA) is 67.7 Å². The minimum absolute atomic E-state index is 0.0412. The first-order valence-corrected chi connectivity index (χ1v) is 9.78. The minimum atomic E-state index is -1.12. The molecule has 1 saturated carbocycles. The summed E-state index contributed by atoms with van der Waals surface area (Å²) in [4.78, 5) is 10.6. The van der Waals surface area contributed by atoms with Gasteiger partial charge in [-0.2, -0.15) is 4.98 Å². The summed E-state index contributed by atoms with van der Waals surface area (Å²) >= 11 is 0. The van der Waals surface area contributed by atoms with E-state index < -0.39 is 17.2 Å². The van der Waals surface area contributed by atoms with Gasteiger partial charge in [0.05, 0.1) is 19.8 Å². The molecular formula is C21H25F2N3O3. The third-order valence-corrected chi connectivity index (χ3v) is 6.17. The number of hydrogen-bond acceptors (Lipinski definition) is 6. The summed E-state index contributed by atoms with van der Waals surface area (Å²) in [6.07, 6.45) is 4.04. The molecule has 2 heterocycles. The van der Waals surface area contributed by atoms with Crippen LogP contribution < -0.4 is 9.47 Å². The number of rotatable bonds is 5. The van der Waals surface area contributed by atoms with Crippen LogP contribution in [0.2, 0.25) is 0 Å². The molecule has 1 aromatic carbocycles. The second kappa shape index (κ2) is 7.84. The largest absolute Gasteiger partial charge is 0.481 e. The average Bonchev–Trinajstić information content (AvgIpc) is 3.10. The van der Waals surface area contributed by atoms with E-state index in [1.807, 2.05) is 0 Å². The van der Waals surface area contributed by atoms with Gasteiger partial charge in [0.2, 0.25) is 5.88 Å². The first kappa shape index (κ1) is 20.0. The Balaban J connectivity index is 1.59. The fourth-order valence-electron chi connectivity index (χ4n) is 4.94. The van der Waals surface area contributed by atoms with Gasteiger partial charge in [-0.05, 0) is 42.9 Å². The molecule has 2 aliphatic rings. The number of nitrogens with zero attached hydrogens (tertiary/aromatic N) is 3. The maximum Gasteiger partial charge on any atom is 0.319 e. The molecule has 156 valence electrons. The Bertz CT molecular complexity index is 877. The summed E-state index contributed by atoms with van der Waals surface area (Å²) in [5.74, 6) is -0.605. The Labute approximate surface area is 168 Å². The number of methoxy groups -OCH3 is 2. The lowest BCUT2D eigenvalue weighted by atomic mass is 9.68. The molecule has 1 aromatic heterocycles. The van der Waals surface area contributed by atoms with Gasteiger partial charge in [0.25, 0.3) is 0 Å². The fourth-order valence-corrected chi connectivity index (χ4v) is 4.94. The fraction of sp³-hybridized carbons (Fsp3) is 0.524. The first-order chi connectivity index (χ1) is 13.9. The monoisotopic (exact) mass is 405 g/mol. The molecule has 2 fully saturated rings. The Hall–Kier alpha value is -2.32. The first-order valence-electron chi connectivity index (χ1n) is 9.78. The molecule has 1 aliphatic heterocycles. The van der Waals surface area contributed by atoms with E-state index >= 15 is 0 Å². The SMILES string of the molecule is COc1ncc([C@]2(O)CCC[C@H]3CN(Cc4cc(F)cc(F)c4)C[C@H]32)c(OC)n1. The molecule has 1 aliphatic carbocycles. The lowest BCUT2D eigenvalue weighted by molar-refractivity contribution is -0.0669. The molecule has 2 aromatic rings. The lowest BCUT2D eigenvalue weighted by Gasteiger charge is -2.41. The van der Waals surface area contributed by atoms with E-state index in [0.717, 1.165) is 25.5 Å². The molecule has 0 amide bonds. The number of aliphatic hydroxyl groups is 1. The Morgan fingerprint density at radius 2 is 1.93 bits per heavy atom. The predicted octanol–water partition coefficient (Wildman–Crippen LogP) is 2.89. The molecule has 1 saturated heterocycles. The van der Waals surface area contributed by atoms with Crippen molar-refractivity contribution in [1.29, 1.82) is 0 Å². The van der Waals surface area contributed by atoms with Gasteiger partial charge in [-0.25, -0.2) is 13.8 Å². The standard InChI is InChI=1S/C21H25F2N3O3/c1-28-19-17(9-24-20(25-19)29-2)21(27)5-3-4-14-11-26(12-18(14)21)10-13-6-15(22)8-16(23)7-13/h6-9,14,18,27H,3-5,10-12H2,1-2H3/t14-,18+,21+/m0/s1. The molecule has 6 nitrogen and oxygen atoms in total. The van der Waals surface area contributed by atoms with Gasteiger partial charge in [0.1, 0.15) is 17.2 Å². The molecule has 29 heavy (non-hydrogen) atoms. The van der Waals surface area contributed by atoms with E-state index in [0.29, 0.717) is 36.5 Å². The molecule has 8 heteroatoms. The second-order valence-electron chi connectivity index (χ2n) is 7.93. The zero-order chi connectivity index (χ0) is 20.6.